The van der Waals surface area contributed by atoms with Crippen LogP contribution >= 0.6 is 11.6 Å². The number of pyridine rings is 1. The molecule has 3 aromatic rings. The molecule has 2 heterocycles. The summed E-state index contributed by atoms with van der Waals surface area (Å²) in [5, 5.41) is 8.48. The molecule has 0 spiro atoms. The van der Waals surface area contributed by atoms with Crippen LogP contribution in [0.2, 0.25) is 5.02 Å². The molecule has 2 N–H and O–H groups in total. The Morgan fingerprint density at radius 1 is 1.06 bits per heavy atom. The van der Waals surface area contributed by atoms with Crippen LogP contribution in [-0.2, 0) is 0 Å². The summed E-state index contributed by atoms with van der Waals surface area (Å²) in [6, 6.07) is 16.5. The van der Waals surface area contributed by atoms with Crippen LogP contribution in [0.1, 0.15) is 19.8 Å². The summed E-state index contributed by atoms with van der Waals surface area (Å²) in [6.45, 7) is 5.38. The molecule has 6 nitrogen and oxygen atoms in total. The smallest absolute Gasteiger partial charge is 0.317 e. The van der Waals surface area contributed by atoms with E-state index in [4.69, 9.17) is 11.6 Å². The summed E-state index contributed by atoms with van der Waals surface area (Å²) in [5.41, 5.74) is 5.60. The second-order valence-electron chi connectivity index (χ2n) is 10.00. The van der Waals surface area contributed by atoms with Gasteiger partial charge in [-0.15, -0.1) is 0 Å². The van der Waals surface area contributed by atoms with Gasteiger partial charge in [0.25, 0.3) is 0 Å². The number of hydrogen-bond donors (Lipinski definition) is 2. The van der Waals surface area contributed by atoms with Crippen LogP contribution in [0.15, 0.2) is 66.4 Å². The molecule has 0 radical (unpaired) electrons. The highest BCUT2D eigenvalue weighted by Crippen LogP contribution is 2.47. The van der Waals surface area contributed by atoms with Crippen LogP contribution in [0.25, 0.3) is 10.9 Å². The first-order valence-electron chi connectivity index (χ1n) is 12.5. The summed E-state index contributed by atoms with van der Waals surface area (Å²) >= 11 is 6.11. The molecule has 3 unspecified atom stereocenters. The summed E-state index contributed by atoms with van der Waals surface area (Å²) in [4.78, 5) is 21.6. The zero-order chi connectivity index (χ0) is 23.9. The van der Waals surface area contributed by atoms with E-state index in [0.29, 0.717) is 10.9 Å². The maximum atomic E-state index is 12.9. The predicted octanol–water partition coefficient (Wildman–Crippen LogP) is 5.82. The maximum absolute atomic E-state index is 12.9. The van der Waals surface area contributed by atoms with Crippen LogP contribution < -0.4 is 15.5 Å². The van der Waals surface area contributed by atoms with E-state index in [1.54, 1.807) is 6.20 Å². The minimum Gasteiger partial charge on any atom is -0.368 e. The standard InChI is InChI=1S/C28H30ClN5O/c1-18-14-19-15-20(19)16-26(18)32-28(35)34-12-10-33(11-13-34)23-5-3-22(4-6-23)31-25-8-9-30-27-17-21(29)2-7-24(25)27/h2-9,16-19,26H,10-15H2,1H3,(H,30,31)(H,32,35). The lowest BCUT2D eigenvalue weighted by atomic mass is 9.91. The summed E-state index contributed by atoms with van der Waals surface area (Å²) in [6.07, 6.45) is 6.53. The van der Waals surface area contributed by atoms with Crippen molar-refractivity contribution in [3.8, 4) is 0 Å². The van der Waals surface area contributed by atoms with E-state index in [1.807, 2.05) is 29.2 Å². The predicted molar refractivity (Wildman–Crippen MR) is 143 cm³/mol. The molecule has 2 aliphatic carbocycles. The van der Waals surface area contributed by atoms with Crippen LogP contribution in [0, 0.1) is 11.8 Å². The van der Waals surface area contributed by atoms with Gasteiger partial charge in [-0.3, -0.25) is 4.98 Å². The van der Waals surface area contributed by atoms with Crippen molar-refractivity contribution < 1.29 is 4.79 Å². The molecule has 2 amide bonds. The van der Waals surface area contributed by atoms with Gasteiger partial charge in [0.1, 0.15) is 0 Å². The first-order chi connectivity index (χ1) is 17.0. The molecule has 1 aromatic heterocycles. The second kappa shape index (κ2) is 9.08. The van der Waals surface area contributed by atoms with Crippen LogP contribution in [0.4, 0.5) is 21.9 Å². The molecule has 2 fully saturated rings. The van der Waals surface area contributed by atoms with E-state index in [9.17, 15) is 4.79 Å². The van der Waals surface area contributed by atoms with Crippen molar-refractivity contribution in [3.63, 3.8) is 0 Å². The van der Waals surface area contributed by atoms with Gasteiger partial charge < -0.3 is 20.4 Å². The number of nitrogens with zero attached hydrogens (tertiary/aromatic N) is 3. The maximum Gasteiger partial charge on any atom is 0.317 e. The average Bonchev–Trinajstić information content (AvgIpc) is 3.62. The Kier molecular flexibility index (Phi) is 5.77. The normalized spacial score (nSPS) is 23.5. The van der Waals surface area contributed by atoms with Crippen molar-refractivity contribution in [2.24, 2.45) is 11.8 Å². The van der Waals surface area contributed by atoms with Gasteiger partial charge in [0.2, 0.25) is 0 Å². The Labute approximate surface area is 211 Å². The van der Waals surface area contributed by atoms with E-state index in [1.165, 1.54) is 24.1 Å². The molecular weight excluding hydrogens is 458 g/mol. The number of amides is 2. The minimum atomic E-state index is 0.0721. The Hall–Kier alpha value is -3.25. The van der Waals surface area contributed by atoms with Crippen LogP contribution in [0.5, 0.6) is 0 Å². The Bertz CT molecular complexity index is 1280. The number of benzene rings is 2. The van der Waals surface area contributed by atoms with E-state index in [0.717, 1.165) is 54.4 Å². The number of anilines is 3. The number of piperazine rings is 1. The van der Waals surface area contributed by atoms with Gasteiger partial charge in [-0.05, 0) is 73.2 Å². The van der Waals surface area contributed by atoms with Gasteiger partial charge in [-0.25, -0.2) is 4.79 Å². The largest absolute Gasteiger partial charge is 0.368 e. The van der Waals surface area contributed by atoms with Gasteiger partial charge in [0.15, 0.2) is 0 Å². The fourth-order valence-corrected chi connectivity index (χ4v) is 5.55. The van der Waals surface area contributed by atoms with Gasteiger partial charge in [-0.1, -0.05) is 30.2 Å². The molecule has 7 heteroatoms. The molecule has 0 bridgehead atoms. The van der Waals surface area contributed by atoms with Gasteiger partial charge in [0.05, 0.1) is 11.6 Å². The molecule has 1 saturated heterocycles. The van der Waals surface area contributed by atoms with Crippen molar-refractivity contribution in [2.45, 2.75) is 25.8 Å². The number of carbonyl (C=O) groups is 1. The molecule has 1 aliphatic heterocycles. The fraction of sp³-hybridized carbons (Fsp3) is 0.357. The topological polar surface area (TPSA) is 60.5 Å². The Balaban J connectivity index is 1.05. The van der Waals surface area contributed by atoms with Crippen molar-refractivity contribution in [3.05, 3.63) is 71.4 Å². The number of rotatable bonds is 4. The van der Waals surface area contributed by atoms with Gasteiger partial charge in [-0.2, -0.15) is 0 Å². The number of halogens is 1. The molecule has 1 saturated carbocycles. The Morgan fingerprint density at radius 3 is 2.66 bits per heavy atom. The lowest BCUT2D eigenvalue weighted by molar-refractivity contribution is 0.188. The van der Waals surface area contributed by atoms with Crippen molar-refractivity contribution in [1.82, 2.24) is 15.2 Å². The lowest BCUT2D eigenvalue weighted by Crippen LogP contribution is -2.54. The van der Waals surface area contributed by atoms with E-state index in [2.05, 4.69) is 57.8 Å². The lowest BCUT2D eigenvalue weighted by Gasteiger charge is -2.37. The second-order valence-corrected chi connectivity index (χ2v) is 10.4. The van der Waals surface area contributed by atoms with E-state index in [-0.39, 0.29) is 12.1 Å². The molecular formula is C28H30ClN5O. The number of nitrogens with one attached hydrogen (secondary N) is 2. The third kappa shape index (κ3) is 4.67. The minimum absolute atomic E-state index is 0.0721. The molecule has 180 valence electrons. The highest BCUT2D eigenvalue weighted by Gasteiger charge is 2.38. The molecule has 3 aliphatic rings. The third-order valence-electron chi connectivity index (χ3n) is 7.58. The van der Waals surface area contributed by atoms with Crippen LogP contribution in [0.3, 0.4) is 0 Å². The number of carbonyl (C=O) groups excluding carboxylic acids is 1. The van der Waals surface area contributed by atoms with Gasteiger partial charge in [0, 0.05) is 59.8 Å². The number of aromatic nitrogens is 1. The van der Waals surface area contributed by atoms with Crippen molar-refractivity contribution in [2.75, 3.05) is 36.4 Å². The van der Waals surface area contributed by atoms with Crippen molar-refractivity contribution >= 4 is 45.6 Å². The fourth-order valence-electron chi connectivity index (χ4n) is 5.38. The SMILES string of the molecule is CC1CC2CC2=CC1NC(=O)N1CCN(c2ccc(Nc3ccnc4cc(Cl)ccc34)cc2)CC1. The third-order valence-corrected chi connectivity index (χ3v) is 7.82. The highest BCUT2D eigenvalue weighted by molar-refractivity contribution is 6.31. The number of hydrogen-bond acceptors (Lipinski definition) is 4. The zero-order valence-electron chi connectivity index (χ0n) is 19.9. The summed E-state index contributed by atoms with van der Waals surface area (Å²) < 4.78 is 0. The quantitative estimate of drug-likeness (QED) is 0.455. The number of fused-ring (bicyclic) bond motifs is 2. The van der Waals surface area contributed by atoms with Gasteiger partial charge >= 0.3 is 6.03 Å². The monoisotopic (exact) mass is 487 g/mol. The number of allylic oxidation sites excluding steroid dienone is 1. The highest BCUT2D eigenvalue weighted by atomic mass is 35.5. The Morgan fingerprint density at radius 2 is 1.86 bits per heavy atom. The van der Waals surface area contributed by atoms with Crippen LogP contribution in [-0.4, -0.2) is 48.1 Å². The van der Waals surface area contributed by atoms with Crippen molar-refractivity contribution in [1.29, 1.82) is 0 Å². The zero-order valence-corrected chi connectivity index (χ0v) is 20.6. The molecule has 3 atom stereocenters. The first-order valence-corrected chi connectivity index (χ1v) is 12.8. The summed E-state index contributed by atoms with van der Waals surface area (Å²) in [7, 11) is 0. The first kappa shape index (κ1) is 22.2. The summed E-state index contributed by atoms with van der Waals surface area (Å²) in [5.74, 6) is 1.32. The van der Waals surface area contributed by atoms with E-state index < -0.39 is 0 Å². The molecule has 35 heavy (non-hydrogen) atoms. The van der Waals surface area contributed by atoms with E-state index >= 15 is 0 Å². The average molecular weight is 488 g/mol. The molecule has 2 aromatic carbocycles. The molecule has 6 rings (SSSR count). The number of urea groups is 1.